The number of aryl methyl sites for hydroxylation is 4. The maximum atomic E-state index is 11.5. The third-order valence-electron chi connectivity index (χ3n) is 3.90. The monoisotopic (exact) mass is 322 g/mol. The molecule has 3 aromatic rings. The maximum absolute atomic E-state index is 11.5. The van der Waals surface area contributed by atoms with E-state index < -0.39 is 5.97 Å². The predicted octanol–water partition coefficient (Wildman–Crippen LogP) is 4.68. The van der Waals surface area contributed by atoms with E-state index in [9.17, 15) is 9.90 Å². The van der Waals surface area contributed by atoms with Crippen LogP contribution in [0.2, 0.25) is 0 Å². The van der Waals surface area contributed by atoms with Crippen molar-refractivity contribution in [1.82, 2.24) is 9.38 Å². The van der Waals surface area contributed by atoms with Gasteiger partial charge in [-0.05, 0) is 50.5 Å². The van der Waals surface area contributed by atoms with E-state index in [1.54, 1.807) is 10.6 Å². The van der Waals surface area contributed by atoms with E-state index in [0.29, 0.717) is 5.65 Å². The van der Waals surface area contributed by atoms with Crippen molar-refractivity contribution in [1.29, 1.82) is 0 Å². The molecule has 0 aliphatic rings. The van der Waals surface area contributed by atoms with Gasteiger partial charge in [0.15, 0.2) is 11.5 Å². The fourth-order valence-electron chi connectivity index (χ4n) is 2.86. The Bertz CT molecular complexity index is 963. The molecule has 0 atom stereocenters. The summed E-state index contributed by atoms with van der Waals surface area (Å²) in [5.41, 5.74) is 5.25. The molecule has 1 aromatic carbocycles. The molecule has 3 rings (SSSR count). The van der Waals surface area contributed by atoms with Crippen molar-refractivity contribution in [3.63, 3.8) is 0 Å². The highest BCUT2D eigenvalue weighted by atomic mass is 16.4. The number of hydrogen-bond donors (Lipinski definition) is 1. The largest absolute Gasteiger partial charge is 0.476 e. The summed E-state index contributed by atoms with van der Waals surface area (Å²) in [5.74, 6) is -0.898. The number of pyridine rings is 1. The van der Waals surface area contributed by atoms with Crippen molar-refractivity contribution in [3.05, 3.63) is 58.4 Å². The van der Waals surface area contributed by atoms with Crippen LogP contribution in [0.3, 0.4) is 0 Å². The Hall–Kier alpha value is -3.02. The number of hydrogen-bond acceptors (Lipinski definition) is 4. The van der Waals surface area contributed by atoms with E-state index in [2.05, 4.69) is 15.2 Å². The Morgan fingerprint density at radius 3 is 2.38 bits per heavy atom. The van der Waals surface area contributed by atoms with Gasteiger partial charge in [0, 0.05) is 6.20 Å². The normalized spacial score (nSPS) is 11.5. The molecule has 6 nitrogen and oxygen atoms in total. The number of carboxylic acids is 1. The summed E-state index contributed by atoms with van der Waals surface area (Å²) in [6, 6.07) is 7.76. The number of imidazole rings is 1. The van der Waals surface area contributed by atoms with Crippen LogP contribution in [0.4, 0.5) is 11.5 Å². The summed E-state index contributed by atoms with van der Waals surface area (Å²) < 4.78 is 1.65. The molecule has 0 bridgehead atoms. The van der Waals surface area contributed by atoms with Crippen molar-refractivity contribution >= 4 is 23.1 Å². The van der Waals surface area contributed by atoms with Crippen LogP contribution in [0.25, 0.3) is 5.65 Å². The molecule has 6 heteroatoms. The second-order valence-corrected chi connectivity index (χ2v) is 5.92. The van der Waals surface area contributed by atoms with Crippen molar-refractivity contribution in [3.8, 4) is 0 Å². The van der Waals surface area contributed by atoms with E-state index in [4.69, 9.17) is 0 Å². The Morgan fingerprint density at radius 2 is 1.75 bits per heavy atom. The first-order valence-corrected chi connectivity index (χ1v) is 7.59. The first-order chi connectivity index (χ1) is 11.4. The topological polar surface area (TPSA) is 79.3 Å². The van der Waals surface area contributed by atoms with Crippen molar-refractivity contribution in [2.45, 2.75) is 27.7 Å². The van der Waals surface area contributed by atoms with Gasteiger partial charge in [-0.1, -0.05) is 23.8 Å². The van der Waals surface area contributed by atoms with E-state index in [1.807, 2.05) is 52.0 Å². The zero-order valence-corrected chi connectivity index (χ0v) is 14.0. The minimum absolute atomic E-state index is 0.101. The Kier molecular flexibility index (Phi) is 3.89. The smallest absolute Gasteiger partial charge is 0.358 e. The van der Waals surface area contributed by atoms with Crippen LogP contribution in [-0.4, -0.2) is 20.5 Å². The lowest BCUT2D eigenvalue weighted by molar-refractivity contribution is 0.0692. The third kappa shape index (κ3) is 2.67. The molecule has 0 unspecified atom stereocenters. The number of fused-ring (bicyclic) bond motifs is 1. The number of rotatable bonds is 3. The van der Waals surface area contributed by atoms with Crippen molar-refractivity contribution in [2.75, 3.05) is 0 Å². The van der Waals surface area contributed by atoms with E-state index >= 15 is 0 Å². The molecule has 0 amide bonds. The minimum Gasteiger partial charge on any atom is -0.476 e. The van der Waals surface area contributed by atoms with Gasteiger partial charge in [-0.3, -0.25) is 4.40 Å². The molecular weight excluding hydrogens is 304 g/mol. The lowest BCUT2D eigenvalue weighted by Gasteiger charge is -2.05. The number of nitrogens with zero attached hydrogens (tertiary/aromatic N) is 4. The van der Waals surface area contributed by atoms with Gasteiger partial charge in [0.25, 0.3) is 0 Å². The molecule has 0 aliphatic heterocycles. The van der Waals surface area contributed by atoms with Gasteiger partial charge in [-0.25, -0.2) is 9.78 Å². The molecule has 0 radical (unpaired) electrons. The first kappa shape index (κ1) is 15.9. The van der Waals surface area contributed by atoms with E-state index in [1.165, 1.54) is 0 Å². The van der Waals surface area contributed by atoms with Gasteiger partial charge >= 0.3 is 5.97 Å². The highest BCUT2D eigenvalue weighted by molar-refractivity contribution is 5.92. The molecule has 122 valence electrons. The van der Waals surface area contributed by atoms with Gasteiger partial charge in [-0.15, -0.1) is 10.2 Å². The number of carboxylic acid groups (broad SMARTS) is 1. The lowest BCUT2D eigenvalue weighted by Crippen LogP contribution is -1.96. The standard InChI is InChI=1S/C18H18N4O2/c1-10-8-12(3)14(13(4)9-10)20-21-17-15(18(23)24)19-16-11(2)6-5-7-22(16)17/h5-9H,1-4H3,(H,23,24). The summed E-state index contributed by atoms with van der Waals surface area (Å²) in [4.78, 5) is 15.7. The van der Waals surface area contributed by atoms with Crippen LogP contribution in [0.15, 0.2) is 40.7 Å². The summed E-state index contributed by atoms with van der Waals surface area (Å²) in [6.45, 7) is 7.83. The van der Waals surface area contributed by atoms with E-state index in [0.717, 1.165) is 27.9 Å². The van der Waals surface area contributed by atoms with Crippen LogP contribution < -0.4 is 0 Å². The molecular formula is C18H18N4O2. The summed E-state index contributed by atoms with van der Waals surface area (Å²) in [7, 11) is 0. The zero-order chi connectivity index (χ0) is 17.4. The van der Waals surface area contributed by atoms with Crippen LogP contribution in [0, 0.1) is 27.7 Å². The van der Waals surface area contributed by atoms with Crippen LogP contribution in [0.5, 0.6) is 0 Å². The van der Waals surface area contributed by atoms with Crippen molar-refractivity contribution in [2.24, 2.45) is 10.2 Å². The number of azo groups is 1. The summed E-state index contributed by atoms with van der Waals surface area (Å²) >= 11 is 0. The average molecular weight is 322 g/mol. The van der Waals surface area contributed by atoms with Gasteiger partial charge in [-0.2, -0.15) is 0 Å². The fourth-order valence-corrected chi connectivity index (χ4v) is 2.86. The highest BCUT2D eigenvalue weighted by Gasteiger charge is 2.19. The van der Waals surface area contributed by atoms with Crippen LogP contribution >= 0.6 is 0 Å². The first-order valence-electron chi connectivity index (χ1n) is 7.59. The molecule has 0 fully saturated rings. The Balaban J connectivity index is 2.18. The maximum Gasteiger partial charge on any atom is 0.358 e. The van der Waals surface area contributed by atoms with Crippen LogP contribution in [0.1, 0.15) is 32.7 Å². The van der Waals surface area contributed by atoms with Gasteiger partial charge in [0.2, 0.25) is 0 Å². The molecule has 2 aromatic heterocycles. The number of aromatic carboxylic acids is 1. The van der Waals surface area contributed by atoms with Gasteiger partial charge < -0.3 is 5.11 Å². The molecule has 1 N–H and O–H groups in total. The minimum atomic E-state index is -1.12. The summed E-state index contributed by atoms with van der Waals surface area (Å²) in [6.07, 6.45) is 1.74. The quantitative estimate of drug-likeness (QED) is 0.711. The summed E-state index contributed by atoms with van der Waals surface area (Å²) in [5, 5.41) is 18.0. The number of carbonyl (C=O) groups is 1. The van der Waals surface area contributed by atoms with Crippen LogP contribution in [-0.2, 0) is 0 Å². The second-order valence-electron chi connectivity index (χ2n) is 5.92. The molecule has 0 saturated heterocycles. The zero-order valence-electron chi connectivity index (χ0n) is 14.0. The second kappa shape index (κ2) is 5.88. The molecule has 2 heterocycles. The fraction of sp³-hybridized carbons (Fsp3) is 0.222. The van der Waals surface area contributed by atoms with Gasteiger partial charge in [0.05, 0.1) is 5.69 Å². The predicted molar refractivity (Wildman–Crippen MR) is 91.7 cm³/mol. The SMILES string of the molecule is Cc1cc(C)c(N=Nc2c(C(=O)O)nc3c(C)cccn23)c(C)c1. The highest BCUT2D eigenvalue weighted by Crippen LogP contribution is 2.29. The Labute approximate surface area is 139 Å². The van der Waals surface area contributed by atoms with Gasteiger partial charge in [0.1, 0.15) is 5.65 Å². The Morgan fingerprint density at radius 1 is 1.08 bits per heavy atom. The van der Waals surface area contributed by atoms with E-state index in [-0.39, 0.29) is 11.5 Å². The average Bonchev–Trinajstić information content (AvgIpc) is 2.87. The molecule has 24 heavy (non-hydrogen) atoms. The molecule has 0 saturated carbocycles. The number of benzene rings is 1. The number of aromatic nitrogens is 2. The lowest BCUT2D eigenvalue weighted by atomic mass is 10.1. The van der Waals surface area contributed by atoms with Crippen molar-refractivity contribution < 1.29 is 9.90 Å². The molecule has 0 aliphatic carbocycles. The molecule has 0 spiro atoms. The third-order valence-corrected chi connectivity index (χ3v) is 3.90.